The van der Waals surface area contributed by atoms with Gasteiger partial charge in [0.25, 0.3) is 0 Å². The molecule has 1 N–H and O–H groups in total. The Kier molecular flexibility index (Phi) is 4.74. The number of anilines is 1. The molecule has 0 radical (unpaired) electrons. The first kappa shape index (κ1) is 12.5. The van der Waals surface area contributed by atoms with Crippen molar-refractivity contribution in [1.29, 1.82) is 5.26 Å². The number of hydrogen-bond donors (Lipinski definition) is 1. The molecule has 0 aromatic heterocycles. The lowest BCUT2D eigenvalue weighted by Crippen LogP contribution is -2.13. The van der Waals surface area contributed by atoms with Gasteiger partial charge in [0.05, 0.1) is 18.3 Å². The lowest BCUT2D eigenvalue weighted by atomic mass is 10.2. The summed E-state index contributed by atoms with van der Waals surface area (Å²) in [7, 11) is 0. The molecular formula is C12H15FN2O. The molecule has 1 aromatic rings. The van der Waals surface area contributed by atoms with Crippen LogP contribution >= 0.6 is 0 Å². The van der Waals surface area contributed by atoms with Crippen LogP contribution in [0.1, 0.15) is 19.4 Å². The molecule has 0 saturated heterocycles. The number of ether oxygens (including phenoxy) is 1. The predicted octanol–water partition coefficient (Wildman–Crippen LogP) is 2.53. The minimum Gasteiger partial charge on any atom is -0.383 e. The Hall–Kier alpha value is -1.60. The summed E-state index contributed by atoms with van der Waals surface area (Å²) in [4.78, 5) is 0. The molecule has 16 heavy (non-hydrogen) atoms. The second-order valence-electron chi connectivity index (χ2n) is 3.65. The lowest BCUT2D eigenvalue weighted by Gasteiger charge is -2.09. The van der Waals surface area contributed by atoms with Gasteiger partial charge in [-0.25, -0.2) is 4.39 Å². The molecule has 0 spiro atoms. The summed E-state index contributed by atoms with van der Waals surface area (Å²) in [5.41, 5.74) is 0.778. The molecule has 0 saturated carbocycles. The molecule has 0 bridgehead atoms. The van der Waals surface area contributed by atoms with Gasteiger partial charge in [0, 0.05) is 12.2 Å². The highest BCUT2D eigenvalue weighted by atomic mass is 19.1. The SMILES string of the molecule is CC(C)OCCNc1ccc(F)c(C#N)c1. The van der Waals surface area contributed by atoms with Crippen molar-refractivity contribution in [2.24, 2.45) is 0 Å². The number of halogens is 1. The zero-order chi connectivity index (χ0) is 12.0. The molecule has 0 atom stereocenters. The van der Waals surface area contributed by atoms with E-state index < -0.39 is 5.82 Å². The number of nitriles is 1. The molecule has 86 valence electrons. The van der Waals surface area contributed by atoms with Gasteiger partial charge < -0.3 is 10.1 Å². The van der Waals surface area contributed by atoms with Crippen LogP contribution < -0.4 is 5.32 Å². The van der Waals surface area contributed by atoms with Gasteiger partial charge in [-0.15, -0.1) is 0 Å². The Balaban J connectivity index is 2.46. The summed E-state index contributed by atoms with van der Waals surface area (Å²) in [5, 5.41) is 11.7. The van der Waals surface area contributed by atoms with Crippen molar-refractivity contribution in [2.45, 2.75) is 20.0 Å². The normalized spacial score (nSPS) is 10.2. The molecule has 1 aromatic carbocycles. The molecular weight excluding hydrogens is 207 g/mol. The molecule has 0 aliphatic heterocycles. The van der Waals surface area contributed by atoms with Crippen LogP contribution in [0.25, 0.3) is 0 Å². The summed E-state index contributed by atoms with van der Waals surface area (Å²) >= 11 is 0. The monoisotopic (exact) mass is 222 g/mol. The average Bonchev–Trinajstić information content (AvgIpc) is 2.26. The smallest absolute Gasteiger partial charge is 0.141 e. The molecule has 0 aliphatic rings. The van der Waals surface area contributed by atoms with Crippen LogP contribution in [0.4, 0.5) is 10.1 Å². The van der Waals surface area contributed by atoms with Crippen LogP contribution in [0, 0.1) is 17.1 Å². The van der Waals surface area contributed by atoms with Crippen LogP contribution in [0.3, 0.4) is 0 Å². The van der Waals surface area contributed by atoms with Gasteiger partial charge >= 0.3 is 0 Å². The van der Waals surface area contributed by atoms with Crippen molar-refractivity contribution >= 4 is 5.69 Å². The van der Waals surface area contributed by atoms with Gasteiger partial charge in [-0.05, 0) is 32.0 Å². The highest BCUT2D eigenvalue weighted by molar-refractivity contribution is 5.49. The molecule has 3 nitrogen and oxygen atoms in total. The Bertz CT molecular complexity index is 385. The van der Waals surface area contributed by atoms with E-state index in [0.717, 1.165) is 5.69 Å². The van der Waals surface area contributed by atoms with E-state index in [1.807, 2.05) is 13.8 Å². The van der Waals surface area contributed by atoms with Gasteiger partial charge in [0.1, 0.15) is 11.9 Å². The van der Waals surface area contributed by atoms with Crippen molar-refractivity contribution < 1.29 is 9.13 Å². The maximum absolute atomic E-state index is 13.0. The number of rotatable bonds is 5. The molecule has 4 heteroatoms. The summed E-state index contributed by atoms with van der Waals surface area (Å²) < 4.78 is 18.3. The van der Waals surface area contributed by atoms with E-state index in [2.05, 4.69) is 5.32 Å². The van der Waals surface area contributed by atoms with Gasteiger partial charge in [-0.2, -0.15) is 5.26 Å². The molecule has 0 fully saturated rings. The number of nitrogens with zero attached hydrogens (tertiary/aromatic N) is 1. The van der Waals surface area contributed by atoms with Gasteiger partial charge in [0.2, 0.25) is 0 Å². The van der Waals surface area contributed by atoms with Crippen LogP contribution in [-0.4, -0.2) is 19.3 Å². The van der Waals surface area contributed by atoms with Crippen LogP contribution in [0.2, 0.25) is 0 Å². The molecule has 0 amide bonds. The minimum atomic E-state index is -0.494. The lowest BCUT2D eigenvalue weighted by molar-refractivity contribution is 0.0870. The van der Waals surface area contributed by atoms with Crippen LogP contribution in [0.5, 0.6) is 0 Å². The first-order valence-electron chi connectivity index (χ1n) is 5.18. The average molecular weight is 222 g/mol. The molecule has 1 rings (SSSR count). The third kappa shape index (κ3) is 3.87. The zero-order valence-electron chi connectivity index (χ0n) is 9.46. The molecule has 0 heterocycles. The fourth-order valence-corrected chi connectivity index (χ4v) is 1.21. The third-order valence-electron chi connectivity index (χ3n) is 1.97. The van der Waals surface area contributed by atoms with E-state index in [1.54, 1.807) is 12.1 Å². The van der Waals surface area contributed by atoms with E-state index in [-0.39, 0.29) is 11.7 Å². The molecule has 0 unspecified atom stereocenters. The zero-order valence-corrected chi connectivity index (χ0v) is 9.46. The highest BCUT2D eigenvalue weighted by Crippen LogP contribution is 2.13. The van der Waals surface area contributed by atoms with E-state index in [1.165, 1.54) is 12.1 Å². The van der Waals surface area contributed by atoms with Crippen molar-refractivity contribution in [3.05, 3.63) is 29.6 Å². The van der Waals surface area contributed by atoms with Crippen molar-refractivity contribution in [3.63, 3.8) is 0 Å². The van der Waals surface area contributed by atoms with Crippen molar-refractivity contribution in [2.75, 3.05) is 18.5 Å². The Morgan fingerprint density at radius 3 is 2.88 bits per heavy atom. The van der Waals surface area contributed by atoms with Crippen molar-refractivity contribution in [1.82, 2.24) is 0 Å². The minimum absolute atomic E-state index is 0.0507. The van der Waals surface area contributed by atoms with Crippen molar-refractivity contribution in [3.8, 4) is 6.07 Å². The van der Waals surface area contributed by atoms with Crippen LogP contribution in [-0.2, 0) is 4.74 Å². The fraction of sp³-hybridized carbons (Fsp3) is 0.417. The van der Waals surface area contributed by atoms with Gasteiger partial charge in [-0.1, -0.05) is 0 Å². The summed E-state index contributed by atoms with van der Waals surface area (Å²) in [6.45, 7) is 5.14. The summed E-state index contributed by atoms with van der Waals surface area (Å²) in [6, 6.07) is 6.17. The standard InChI is InChI=1S/C12H15FN2O/c1-9(2)16-6-5-15-11-3-4-12(13)10(7-11)8-14/h3-4,7,9,15H,5-6H2,1-2H3. The third-order valence-corrected chi connectivity index (χ3v) is 1.97. The fourth-order valence-electron chi connectivity index (χ4n) is 1.21. The van der Waals surface area contributed by atoms with E-state index in [9.17, 15) is 4.39 Å². The topological polar surface area (TPSA) is 45.0 Å². The molecule has 0 aliphatic carbocycles. The largest absolute Gasteiger partial charge is 0.383 e. The number of hydrogen-bond acceptors (Lipinski definition) is 3. The predicted molar refractivity (Wildman–Crippen MR) is 60.7 cm³/mol. The van der Waals surface area contributed by atoms with Gasteiger partial charge in [-0.3, -0.25) is 0 Å². The first-order valence-corrected chi connectivity index (χ1v) is 5.18. The van der Waals surface area contributed by atoms with E-state index >= 15 is 0 Å². The summed E-state index contributed by atoms with van der Waals surface area (Å²) in [6.07, 6.45) is 0.199. The second-order valence-corrected chi connectivity index (χ2v) is 3.65. The Labute approximate surface area is 94.8 Å². The summed E-state index contributed by atoms with van der Waals surface area (Å²) in [5.74, 6) is -0.494. The first-order chi connectivity index (χ1) is 7.63. The Morgan fingerprint density at radius 2 is 2.25 bits per heavy atom. The maximum Gasteiger partial charge on any atom is 0.141 e. The quantitative estimate of drug-likeness (QED) is 0.779. The highest BCUT2D eigenvalue weighted by Gasteiger charge is 2.02. The van der Waals surface area contributed by atoms with E-state index in [4.69, 9.17) is 10.00 Å². The van der Waals surface area contributed by atoms with E-state index in [0.29, 0.717) is 13.2 Å². The number of nitrogens with one attached hydrogen (secondary N) is 1. The maximum atomic E-state index is 13.0. The second kappa shape index (κ2) is 6.09. The number of benzene rings is 1. The van der Waals surface area contributed by atoms with Gasteiger partial charge in [0.15, 0.2) is 0 Å². The Morgan fingerprint density at radius 1 is 1.50 bits per heavy atom. The van der Waals surface area contributed by atoms with Crippen LogP contribution in [0.15, 0.2) is 18.2 Å².